The molecule has 6 rings (SSSR count). The molecule has 2 aromatic carbocycles. The first kappa shape index (κ1) is 30.3. The van der Waals surface area contributed by atoms with E-state index in [2.05, 4.69) is 10.2 Å². The molecule has 1 saturated carbocycles. The molecule has 1 amide bonds. The van der Waals surface area contributed by atoms with Crippen LogP contribution in [0.1, 0.15) is 62.0 Å². The number of carbonyl (C=O) groups is 1. The molecular weight excluding hydrogens is 610 g/mol. The van der Waals surface area contributed by atoms with Gasteiger partial charge in [-0.05, 0) is 42.4 Å². The van der Waals surface area contributed by atoms with E-state index in [0.29, 0.717) is 27.1 Å². The second-order valence-corrected chi connectivity index (χ2v) is 13.0. The Bertz CT molecular complexity index is 1740. The summed E-state index contributed by atoms with van der Waals surface area (Å²) in [4.78, 5) is 13.0. The Morgan fingerprint density at radius 1 is 0.886 bits per heavy atom. The second-order valence-electron chi connectivity index (χ2n) is 11.2. The highest BCUT2D eigenvalue weighted by Gasteiger charge is 2.48. The van der Waals surface area contributed by atoms with Crippen LogP contribution in [0.25, 0.3) is 0 Å². The van der Waals surface area contributed by atoms with E-state index in [9.17, 15) is 35.2 Å². The number of halogens is 6. The van der Waals surface area contributed by atoms with Gasteiger partial charge in [0.1, 0.15) is 11.9 Å². The van der Waals surface area contributed by atoms with Gasteiger partial charge >= 0.3 is 0 Å². The van der Waals surface area contributed by atoms with Gasteiger partial charge in [-0.1, -0.05) is 43.5 Å². The van der Waals surface area contributed by atoms with Crippen molar-refractivity contribution < 1.29 is 39.6 Å². The Kier molecular flexibility index (Phi) is 7.99. The van der Waals surface area contributed by atoms with Crippen molar-refractivity contribution >= 4 is 27.9 Å². The lowest BCUT2D eigenvalue weighted by Gasteiger charge is -2.41. The summed E-state index contributed by atoms with van der Waals surface area (Å²) in [5, 5.41) is 7.73. The van der Waals surface area contributed by atoms with Crippen molar-refractivity contribution in [2.45, 2.75) is 68.3 Å². The second kappa shape index (κ2) is 11.6. The SMILES string of the molecule is O=C([C@H]1CCN1S(=O)(=O)c1c(F)c(F)c(F)c(F)c1F)N(Cc1ccc(C2CCCCC2)cc1)C1=C(F)C=C2C=NN=C2C1. The Morgan fingerprint density at radius 3 is 2.14 bits per heavy atom. The number of allylic oxidation sites excluding steroid dienone is 4. The van der Waals surface area contributed by atoms with E-state index < -0.39 is 68.3 Å². The van der Waals surface area contributed by atoms with Gasteiger partial charge in [-0.2, -0.15) is 14.5 Å². The Morgan fingerprint density at radius 2 is 1.52 bits per heavy atom. The lowest BCUT2D eigenvalue weighted by atomic mass is 9.84. The van der Waals surface area contributed by atoms with Crippen molar-refractivity contribution in [3.63, 3.8) is 0 Å². The fourth-order valence-electron chi connectivity index (χ4n) is 6.06. The largest absolute Gasteiger partial charge is 0.307 e. The number of amides is 1. The first-order valence-electron chi connectivity index (χ1n) is 14.1. The normalized spacial score (nSPS) is 20.7. The topological polar surface area (TPSA) is 82.4 Å². The fraction of sp³-hybridized carbons (Fsp3) is 0.367. The number of hydrogen-bond donors (Lipinski definition) is 0. The predicted octanol–water partition coefficient (Wildman–Crippen LogP) is 6.17. The minimum Gasteiger partial charge on any atom is -0.307 e. The molecule has 2 aliphatic carbocycles. The molecular formula is C30H26F6N4O3S. The quantitative estimate of drug-likeness (QED) is 0.207. The molecule has 0 radical (unpaired) electrons. The number of nitrogens with zero attached hydrogens (tertiary/aromatic N) is 4. The first-order valence-corrected chi connectivity index (χ1v) is 15.6. The Balaban J connectivity index is 1.33. The molecule has 2 fully saturated rings. The summed E-state index contributed by atoms with van der Waals surface area (Å²) in [6.45, 7) is -0.620. The van der Waals surface area contributed by atoms with Crippen molar-refractivity contribution in [2.75, 3.05) is 6.54 Å². The Labute approximate surface area is 249 Å². The van der Waals surface area contributed by atoms with Gasteiger partial charge in [-0.25, -0.2) is 34.8 Å². The summed E-state index contributed by atoms with van der Waals surface area (Å²) < 4.78 is 113. The van der Waals surface area contributed by atoms with Gasteiger partial charge in [0.25, 0.3) is 0 Å². The lowest BCUT2D eigenvalue weighted by Crippen LogP contribution is -2.59. The van der Waals surface area contributed by atoms with Crippen molar-refractivity contribution in [3.8, 4) is 0 Å². The molecule has 4 aliphatic rings. The maximum atomic E-state index is 15.5. The third kappa shape index (κ3) is 5.17. The van der Waals surface area contributed by atoms with Gasteiger partial charge < -0.3 is 4.90 Å². The third-order valence-corrected chi connectivity index (χ3v) is 10.5. The lowest BCUT2D eigenvalue weighted by molar-refractivity contribution is -0.137. The summed E-state index contributed by atoms with van der Waals surface area (Å²) in [6, 6.07) is 5.88. The van der Waals surface area contributed by atoms with Gasteiger partial charge in [-0.15, -0.1) is 0 Å². The zero-order valence-corrected chi connectivity index (χ0v) is 24.0. The van der Waals surface area contributed by atoms with Gasteiger partial charge in [0.15, 0.2) is 28.2 Å². The van der Waals surface area contributed by atoms with Crippen LogP contribution < -0.4 is 0 Å². The highest BCUT2D eigenvalue weighted by atomic mass is 32.2. The van der Waals surface area contributed by atoms with Crippen LogP contribution in [-0.2, 0) is 21.4 Å². The number of hydrogen-bond acceptors (Lipinski definition) is 5. The van der Waals surface area contributed by atoms with Gasteiger partial charge in [0, 0.05) is 18.5 Å². The number of rotatable bonds is 7. The van der Waals surface area contributed by atoms with Crippen LogP contribution in [0.3, 0.4) is 0 Å². The molecule has 2 heterocycles. The standard InChI is InChI=1S/C30H26F6N4O3S/c31-20-12-19-14-37-38-21(19)13-23(20)39(15-16-6-8-18(9-7-16)17-4-2-1-3-5-17)30(41)22-10-11-40(22)44(42,43)29-27(35)25(33)24(32)26(34)28(29)36/h6-9,12,14,17,22H,1-5,10-11,13,15H2/t22-/m1/s1. The summed E-state index contributed by atoms with van der Waals surface area (Å²) in [7, 11) is -5.38. The monoisotopic (exact) mass is 636 g/mol. The summed E-state index contributed by atoms with van der Waals surface area (Å²) in [5.41, 5.74) is 2.41. The molecule has 1 atom stereocenters. The van der Waals surface area contributed by atoms with Crippen LogP contribution >= 0.6 is 0 Å². The molecule has 0 spiro atoms. The number of carbonyl (C=O) groups excluding carboxylic acids is 1. The van der Waals surface area contributed by atoms with Crippen LogP contribution in [0.2, 0.25) is 0 Å². The van der Waals surface area contributed by atoms with E-state index in [-0.39, 0.29) is 25.1 Å². The highest BCUT2D eigenvalue weighted by molar-refractivity contribution is 7.89. The summed E-state index contributed by atoms with van der Waals surface area (Å²) in [6.07, 6.45) is 7.80. The molecule has 7 nitrogen and oxygen atoms in total. The van der Waals surface area contributed by atoms with Gasteiger partial charge in [0.2, 0.25) is 21.7 Å². The van der Waals surface area contributed by atoms with Crippen LogP contribution in [0.4, 0.5) is 26.3 Å². The zero-order valence-electron chi connectivity index (χ0n) is 23.2. The van der Waals surface area contributed by atoms with E-state index in [0.717, 1.165) is 42.2 Å². The average Bonchev–Trinajstić information content (AvgIpc) is 3.44. The molecule has 2 aliphatic heterocycles. The molecule has 0 bridgehead atoms. The molecule has 232 valence electrons. The number of fused-ring (bicyclic) bond motifs is 1. The predicted molar refractivity (Wildman–Crippen MR) is 148 cm³/mol. The van der Waals surface area contributed by atoms with Crippen LogP contribution in [-0.4, -0.2) is 48.0 Å². The van der Waals surface area contributed by atoms with E-state index in [1.807, 2.05) is 12.1 Å². The van der Waals surface area contributed by atoms with Crippen molar-refractivity contribution in [1.29, 1.82) is 0 Å². The molecule has 0 unspecified atom stereocenters. The first-order chi connectivity index (χ1) is 21.0. The average molecular weight is 637 g/mol. The minimum atomic E-state index is -5.38. The summed E-state index contributed by atoms with van der Waals surface area (Å²) >= 11 is 0. The smallest absolute Gasteiger partial charge is 0.249 e. The van der Waals surface area contributed by atoms with Crippen LogP contribution in [0, 0.1) is 29.1 Å². The van der Waals surface area contributed by atoms with Gasteiger partial charge in [0.05, 0.1) is 24.2 Å². The Hall–Kier alpha value is -3.78. The highest BCUT2D eigenvalue weighted by Crippen LogP contribution is 2.37. The van der Waals surface area contributed by atoms with E-state index in [4.69, 9.17) is 0 Å². The zero-order chi connectivity index (χ0) is 31.3. The van der Waals surface area contributed by atoms with E-state index in [1.165, 1.54) is 12.6 Å². The molecule has 44 heavy (non-hydrogen) atoms. The summed E-state index contributed by atoms with van der Waals surface area (Å²) in [5.74, 6) is -13.7. The molecule has 2 aromatic rings. The van der Waals surface area contributed by atoms with Crippen molar-refractivity contribution in [2.24, 2.45) is 10.2 Å². The molecule has 14 heteroatoms. The third-order valence-electron chi connectivity index (χ3n) is 8.58. The number of benzene rings is 2. The minimum absolute atomic E-state index is 0.125. The van der Waals surface area contributed by atoms with Crippen LogP contribution in [0.15, 0.2) is 62.5 Å². The molecule has 0 N–H and O–H groups in total. The number of sulfonamides is 1. The fourth-order valence-corrected chi connectivity index (χ4v) is 7.81. The van der Waals surface area contributed by atoms with Crippen molar-refractivity contribution in [3.05, 3.63) is 87.7 Å². The maximum Gasteiger partial charge on any atom is 0.249 e. The van der Waals surface area contributed by atoms with E-state index in [1.54, 1.807) is 12.1 Å². The molecule has 0 aromatic heterocycles. The maximum absolute atomic E-state index is 15.5. The molecule has 1 saturated heterocycles. The van der Waals surface area contributed by atoms with Crippen LogP contribution in [0.5, 0.6) is 0 Å². The van der Waals surface area contributed by atoms with Gasteiger partial charge in [-0.3, -0.25) is 4.79 Å². The van der Waals surface area contributed by atoms with Crippen molar-refractivity contribution in [1.82, 2.24) is 9.21 Å². The van der Waals surface area contributed by atoms with E-state index >= 15 is 4.39 Å².